The van der Waals surface area contributed by atoms with Crippen molar-refractivity contribution in [2.75, 3.05) is 0 Å². The molecule has 1 rings (SSSR count). The monoisotopic (exact) mass is 188 g/mol. The minimum absolute atomic E-state index is 0.0677. The lowest BCUT2D eigenvalue weighted by Gasteiger charge is -1.93. The highest BCUT2D eigenvalue weighted by Crippen LogP contribution is 2.18. The van der Waals surface area contributed by atoms with Crippen LogP contribution in [0.5, 0.6) is 0 Å². The average molecular weight is 188 g/mol. The molecule has 0 atom stereocenters. The van der Waals surface area contributed by atoms with E-state index in [4.69, 9.17) is 12.2 Å². The molecule has 6 heteroatoms. The summed E-state index contributed by atoms with van der Waals surface area (Å²) in [6.45, 7) is 0. The lowest BCUT2D eigenvalue weighted by molar-refractivity contribution is -0.388. The van der Waals surface area contributed by atoms with Gasteiger partial charge in [0.1, 0.15) is 9.67 Å². The molecule has 0 aliphatic rings. The van der Waals surface area contributed by atoms with Crippen LogP contribution in [-0.4, -0.2) is 9.91 Å². The van der Waals surface area contributed by atoms with E-state index in [0.717, 1.165) is 0 Å². The number of aromatic amines is 1. The van der Waals surface area contributed by atoms with Gasteiger partial charge in [0.2, 0.25) is 0 Å². The maximum Gasteiger partial charge on any atom is 0.299 e. The molecule has 0 bridgehead atoms. The first-order chi connectivity index (χ1) is 5.11. The molecule has 0 aromatic carbocycles. The molecule has 0 fully saturated rings. The summed E-state index contributed by atoms with van der Waals surface area (Å²) in [5.74, 6) is 0. The normalized spacial score (nSPS) is 9.55. The number of nitrogens with one attached hydrogen (secondary N) is 1. The number of thiol groups is 1. The Bertz CT molecular complexity index is 347. The fourth-order valence-corrected chi connectivity index (χ4v) is 1.13. The first-order valence-corrected chi connectivity index (χ1v) is 3.53. The van der Waals surface area contributed by atoms with Crippen LogP contribution in [0.1, 0.15) is 0 Å². The molecule has 4 nitrogen and oxygen atoms in total. The van der Waals surface area contributed by atoms with E-state index >= 15 is 0 Å². The van der Waals surface area contributed by atoms with Gasteiger partial charge in [0, 0.05) is 6.07 Å². The van der Waals surface area contributed by atoms with Gasteiger partial charge in [0.05, 0.1) is 4.92 Å². The van der Waals surface area contributed by atoms with Crippen molar-refractivity contribution in [3.63, 3.8) is 0 Å². The number of hydrogen-bond acceptors (Lipinski definition) is 4. The van der Waals surface area contributed by atoms with Crippen LogP contribution in [0, 0.1) is 14.8 Å². The molecule has 1 N–H and O–H groups in total. The molecule has 0 spiro atoms. The van der Waals surface area contributed by atoms with Crippen molar-refractivity contribution in [1.29, 1.82) is 0 Å². The van der Waals surface area contributed by atoms with Crippen molar-refractivity contribution in [2.45, 2.75) is 5.03 Å². The largest absolute Gasteiger partial charge is 0.336 e. The molecule has 11 heavy (non-hydrogen) atoms. The number of aromatic nitrogens is 1. The van der Waals surface area contributed by atoms with Crippen LogP contribution in [0.2, 0.25) is 0 Å². The van der Waals surface area contributed by atoms with E-state index in [9.17, 15) is 10.1 Å². The summed E-state index contributed by atoms with van der Waals surface area (Å²) in [6.07, 6.45) is 0. The van der Waals surface area contributed by atoms with Gasteiger partial charge in [-0.25, -0.2) is 0 Å². The average Bonchev–Trinajstić information content (AvgIpc) is 1.85. The third kappa shape index (κ3) is 1.78. The van der Waals surface area contributed by atoms with Gasteiger partial charge >= 0.3 is 0 Å². The summed E-state index contributed by atoms with van der Waals surface area (Å²) >= 11 is 8.56. The van der Waals surface area contributed by atoms with Crippen molar-refractivity contribution >= 4 is 30.5 Å². The molecule has 58 valence electrons. The van der Waals surface area contributed by atoms with E-state index in [1.807, 2.05) is 0 Å². The molecule has 1 aromatic rings. The molecule has 0 amide bonds. The molecule has 0 aliphatic carbocycles. The van der Waals surface area contributed by atoms with Gasteiger partial charge < -0.3 is 4.98 Å². The van der Waals surface area contributed by atoms with Gasteiger partial charge in [-0.15, -0.1) is 12.6 Å². The second kappa shape index (κ2) is 3.02. The van der Waals surface area contributed by atoms with E-state index in [2.05, 4.69) is 17.6 Å². The highest BCUT2D eigenvalue weighted by molar-refractivity contribution is 7.80. The van der Waals surface area contributed by atoms with E-state index in [-0.39, 0.29) is 10.7 Å². The summed E-state index contributed by atoms with van der Waals surface area (Å²) in [7, 11) is 0. The van der Waals surface area contributed by atoms with Crippen molar-refractivity contribution in [3.05, 3.63) is 26.9 Å². The summed E-state index contributed by atoms with van der Waals surface area (Å²) in [6, 6.07) is 2.77. The SMILES string of the molecule is O=[N+]([O-])c1ccc(=S)[nH]c1S. The Morgan fingerprint density at radius 3 is 2.73 bits per heavy atom. The second-order valence-electron chi connectivity index (χ2n) is 1.81. The quantitative estimate of drug-likeness (QED) is 0.306. The summed E-state index contributed by atoms with van der Waals surface area (Å²) in [5.41, 5.74) is -0.0677. The number of nitro groups is 1. The Balaban J connectivity index is 3.31. The van der Waals surface area contributed by atoms with Crippen LogP contribution in [0.15, 0.2) is 17.2 Å². The van der Waals surface area contributed by atoms with Crippen LogP contribution >= 0.6 is 24.8 Å². The molecule has 0 aliphatic heterocycles. The first kappa shape index (κ1) is 8.22. The lowest BCUT2D eigenvalue weighted by Crippen LogP contribution is -1.91. The van der Waals surface area contributed by atoms with E-state index in [1.54, 1.807) is 0 Å². The lowest BCUT2D eigenvalue weighted by atomic mass is 10.4. The summed E-state index contributed by atoms with van der Waals surface area (Å²) in [4.78, 5) is 12.3. The zero-order valence-corrected chi connectivity index (χ0v) is 6.98. The van der Waals surface area contributed by atoms with Crippen LogP contribution in [-0.2, 0) is 0 Å². The van der Waals surface area contributed by atoms with E-state index < -0.39 is 4.92 Å². The smallest absolute Gasteiger partial charge is 0.299 e. The number of H-pyrrole nitrogens is 1. The van der Waals surface area contributed by atoms with Gasteiger partial charge in [0.25, 0.3) is 5.69 Å². The van der Waals surface area contributed by atoms with Crippen molar-refractivity contribution < 1.29 is 4.92 Å². The Morgan fingerprint density at radius 2 is 2.27 bits per heavy atom. The molecule has 0 saturated carbocycles. The second-order valence-corrected chi connectivity index (χ2v) is 2.70. The predicted molar refractivity (Wildman–Crippen MR) is 45.5 cm³/mol. The minimum Gasteiger partial charge on any atom is -0.336 e. The molecule has 1 heterocycles. The standard InChI is InChI=1S/C5H4N2O2S2/c8-7(9)3-1-2-4(10)6-5(3)11/h1-2H,(H2,6,10,11). The molecule has 0 radical (unpaired) electrons. The number of pyridine rings is 1. The third-order valence-corrected chi connectivity index (χ3v) is 1.65. The van der Waals surface area contributed by atoms with Gasteiger partial charge in [-0.2, -0.15) is 0 Å². The van der Waals surface area contributed by atoms with E-state index in [1.165, 1.54) is 12.1 Å². The Kier molecular flexibility index (Phi) is 2.25. The Hall–Kier alpha value is -0.880. The number of hydrogen-bond donors (Lipinski definition) is 2. The molecular formula is C5H4N2O2S2. The van der Waals surface area contributed by atoms with Crippen LogP contribution in [0.3, 0.4) is 0 Å². The molecular weight excluding hydrogens is 184 g/mol. The number of nitrogens with zero attached hydrogens (tertiary/aromatic N) is 1. The van der Waals surface area contributed by atoms with Crippen molar-refractivity contribution in [1.82, 2.24) is 4.98 Å². The van der Waals surface area contributed by atoms with Gasteiger partial charge in [0.15, 0.2) is 0 Å². The summed E-state index contributed by atoms with van der Waals surface area (Å²) in [5, 5.41) is 10.4. The first-order valence-electron chi connectivity index (χ1n) is 2.68. The van der Waals surface area contributed by atoms with Gasteiger partial charge in [-0.05, 0) is 6.07 Å². The van der Waals surface area contributed by atoms with E-state index in [0.29, 0.717) is 4.64 Å². The maximum absolute atomic E-state index is 10.2. The third-order valence-electron chi connectivity index (χ3n) is 1.07. The Labute approximate surface area is 72.8 Å². The van der Waals surface area contributed by atoms with Crippen LogP contribution in [0.4, 0.5) is 5.69 Å². The van der Waals surface area contributed by atoms with Gasteiger partial charge in [-0.1, -0.05) is 12.2 Å². The highest BCUT2D eigenvalue weighted by atomic mass is 32.1. The van der Waals surface area contributed by atoms with Crippen LogP contribution < -0.4 is 0 Å². The Morgan fingerprint density at radius 1 is 1.64 bits per heavy atom. The molecule has 1 aromatic heterocycles. The number of rotatable bonds is 1. The zero-order valence-electron chi connectivity index (χ0n) is 5.27. The summed E-state index contributed by atoms with van der Waals surface area (Å²) < 4.78 is 0.431. The minimum atomic E-state index is -0.520. The van der Waals surface area contributed by atoms with Crippen molar-refractivity contribution in [3.8, 4) is 0 Å². The van der Waals surface area contributed by atoms with Crippen LogP contribution in [0.25, 0.3) is 0 Å². The maximum atomic E-state index is 10.2. The highest BCUT2D eigenvalue weighted by Gasteiger charge is 2.08. The predicted octanol–water partition coefficient (Wildman–Crippen LogP) is 1.94. The topological polar surface area (TPSA) is 58.9 Å². The fraction of sp³-hybridized carbons (Fsp3) is 0. The van der Waals surface area contributed by atoms with Gasteiger partial charge in [-0.3, -0.25) is 10.1 Å². The molecule has 0 saturated heterocycles. The fourth-order valence-electron chi connectivity index (χ4n) is 0.603. The molecule has 0 unspecified atom stereocenters. The van der Waals surface area contributed by atoms with Crippen molar-refractivity contribution in [2.24, 2.45) is 0 Å². The zero-order chi connectivity index (χ0) is 8.43.